The Labute approximate surface area is 125 Å². The molecule has 0 bridgehead atoms. The lowest BCUT2D eigenvalue weighted by Crippen LogP contribution is -2.06. The fraction of sp³-hybridized carbons (Fsp3) is 0.438. The third-order valence-electron chi connectivity index (χ3n) is 3.48. The molecule has 1 atom stereocenters. The molecule has 1 heterocycles. The summed E-state index contributed by atoms with van der Waals surface area (Å²) < 4.78 is 13.1. The van der Waals surface area contributed by atoms with Crippen molar-refractivity contribution in [3.63, 3.8) is 0 Å². The van der Waals surface area contributed by atoms with Gasteiger partial charge in [-0.3, -0.25) is 4.68 Å². The average molecular weight is 289 g/mol. The molecule has 0 spiro atoms. The van der Waals surface area contributed by atoms with Gasteiger partial charge >= 0.3 is 0 Å². The Bertz CT molecular complexity index is 606. The number of methoxy groups -OCH3 is 1. The second kappa shape index (κ2) is 6.63. The van der Waals surface area contributed by atoms with Gasteiger partial charge in [0.05, 0.1) is 18.5 Å². The first-order valence-electron chi connectivity index (χ1n) is 7.13. The molecule has 114 valence electrons. The summed E-state index contributed by atoms with van der Waals surface area (Å²) in [4.78, 5) is 0. The van der Waals surface area contributed by atoms with E-state index in [4.69, 9.17) is 15.2 Å². The van der Waals surface area contributed by atoms with Crippen molar-refractivity contribution in [2.75, 3.05) is 7.11 Å². The molecule has 0 amide bonds. The molecule has 21 heavy (non-hydrogen) atoms. The minimum Gasteiger partial charge on any atom is -0.493 e. The van der Waals surface area contributed by atoms with Crippen molar-refractivity contribution in [2.24, 2.45) is 12.8 Å². The Balaban J connectivity index is 2.13. The number of aromatic nitrogens is 2. The average Bonchev–Trinajstić information content (AvgIpc) is 2.85. The molecule has 5 nitrogen and oxygen atoms in total. The molecule has 2 rings (SSSR count). The van der Waals surface area contributed by atoms with Crippen LogP contribution in [0.25, 0.3) is 0 Å². The summed E-state index contributed by atoms with van der Waals surface area (Å²) in [5.41, 5.74) is 9.00. The second-order valence-corrected chi connectivity index (χ2v) is 5.09. The summed E-state index contributed by atoms with van der Waals surface area (Å²) in [6.07, 6.45) is 0.917. The van der Waals surface area contributed by atoms with Gasteiger partial charge < -0.3 is 15.2 Å². The zero-order valence-corrected chi connectivity index (χ0v) is 13.1. The second-order valence-electron chi connectivity index (χ2n) is 5.09. The largest absolute Gasteiger partial charge is 0.493 e. The van der Waals surface area contributed by atoms with Gasteiger partial charge in [-0.1, -0.05) is 13.0 Å². The van der Waals surface area contributed by atoms with E-state index in [0.29, 0.717) is 18.1 Å². The maximum absolute atomic E-state index is 5.88. The highest BCUT2D eigenvalue weighted by molar-refractivity contribution is 5.43. The molecule has 0 aliphatic heterocycles. The first-order chi connectivity index (χ1) is 10.0. The fourth-order valence-corrected chi connectivity index (χ4v) is 2.12. The van der Waals surface area contributed by atoms with Crippen molar-refractivity contribution in [2.45, 2.75) is 32.9 Å². The fourth-order valence-electron chi connectivity index (χ4n) is 2.12. The molecule has 0 aliphatic carbocycles. The van der Waals surface area contributed by atoms with Crippen molar-refractivity contribution >= 4 is 0 Å². The number of nitrogens with zero attached hydrogens (tertiary/aromatic N) is 2. The summed E-state index contributed by atoms with van der Waals surface area (Å²) >= 11 is 0. The summed E-state index contributed by atoms with van der Waals surface area (Å²) in [6, 6.07) is 7.80. The van der Waals surface area contributed by atoms with E-state index in [1.165, 1.54) is 0 Å². The number of nitrogens with two attached hydrogens (primary N) is 1. The molecule has 0 saturated heterocycles. The maximum Gasteiger partial charge on any atom is 0.161 e. The van der Waals surface area contributed by atoms with Crippen molar-refractivity contribution in [1.82, 2.24) is 9.78 Å². The molecule has 0 aliphatic rings. The highest BCUT2D eigenvalue weighted by Crippen LogP contribution is 2.30. The number of hydrogen-bond donors (Lipinski definition) is 1. The quantitative estimate of drug-likeness (QED) is 0.888. The third kappa shape index (κ3) is 3.55. The van der Waals surface area contributed by atoms with Crippen molar-refractivity contribution < 1.29 is 9.47 Å². The van der Waals surface area contributed by atoms with Crippen LogP contribution in [0.3, 0.4) is 0 Å². The van der Waals surface area contributed by atoms with E-state index in [0.717, 1.165) is 23.4 Å². The molecule has 2 N–H and O–H groups in total. The topological polar surface area (TPSA) is 62.3 Å². The molecule has 1 unspecified atom stereocenters. The van der Waals surface area contributed by atoms with Crippen LogP contribution in [0.2, 0.25) is 0 Å². The van der Waals surface area contributed by atoms with E-state index < -0.39 is 0 Å². The maximum atomic E-state index is 5.88. The number of ether oxygens (including phenoxy) is 2. The molecule has 1 aromatic carbocycles. The van der Waals surface area contributed by atoms with E-state index in [1.807, 2.05) is 36.9 Å². The van der Waals surface area contributed by atoms with E-state index >= 15 is 0 Å². The normalized spacial score (nSPS) is 12.2. The molecule has 2 aromatic rings. The van der Waals surface area contributed by atoms with Crippen molar-refractivity contribution in [3.05, 3.63) is 41.2 Å². The van der Waals surface area contributed by atoms with Crippen molar-refractivity contribution in [1.29, 1.82) is 0 Å². The lowest BCUT2D eigenvalue weighted by Gasteiger charge is -2.13. The Morgan fingerprint density at radius 1 is 1.29 bits per heavy atom. The van der Waals surface area contributed by atoms with E-state index in [-0.39, 0.29) is 6.04 Å². The zero-order chi connectivity index (χ0) is 15.4. The predicted molar refractivity (Wildman–Crippen MR) is 82.5 cm³/mol. The van der Waals surface area contributed by atoms with Gasteiger partial charge in [0.2, 0.25) is 0 Å². The monoisotopic (exact) mass is 289 g/mol. The first kappa shape index (κ1) is 15.4. The minimum atomic E-state index is -0.0304. The van der Waals surface area contributed by atoms with Gasteiger partial charge in [-0.25, -0.2) is 0 Å². The van der Waals surface area contributed by atoms with E-state index in [1.54, 1.807) is 7.11 Å². The Hall–Kier alpha value is -2.01. The molecule has 5 heteroatoms. The minimum absolute atomic E-state index is 0.0304. The van der Waals surface area contributed by atoms with Crippen LogP contribution in [0.1, 0.15) is 36.8 Å². The third-order valence-corrected chi connectivity index (χ3v) is 3.48. The van der Waals surface area contributed by atoms with Crippen LogP contribution >= 0.6 is 0 Å². The Morgan fingerprint density at radius 2 is 2.05 bits per heavy atom. The summed E-state index contributed by atoms with van der Waals surface area (Å²) in [5.74, 6) is 1.41. The summed E-state index contributed by atoms with van der Waals surface area (Å²) in [5, 5.41) is 4.41. The zero-order valence-electron chi connectivity index (χ0n) is 13.1. The van der Waals surface area contributed by atoms with Gasteiger partial charge in [-0.15, -0.1) is 0 Å². The van der Waals surface area contributed by atoms with Crippen LogP contribution in [0.4, 0.5) is 0 Å². The number of aryl methyl sites for hydroxylation is 2. The summed E-state index contributed by atoms with van der Waals surface area (Å²) in [6.45, 7) is 4.48. The molecular formula is C16H23N3O2. The summed E-state index contributed by atoms with van der Waals surface area (Å²) in [7, 11) is 3.56. The smallest absolute Gasteiger partial charge is 0.161 e. The number of rotatable bonds is 6. The van der Waals surface area contributed by atoms with Gasteiger partial charge in [0, 0.05) is 13.1 Å². The van der Waals surface area contributed by atoms with Crippen LogP contribution in [-0.4, -0.2) is 16.9 Å². The molecule has 0 fully saturated rings. The van der Waals surface area contributed by atoms with E-state index in [9.17, 15) is 0 Å². The van der Waals surface area contributed by atoms with Crippen molar-refractivity contribution in [3.8, 4) is 11.5 Å². The Kier molecular flexibility index (Phi) is 4.85. The van der Waals surface area contributed by atoms with Crippen LogP contribution in [0, 0.1) is 0 Å². The molecule has 0 radical (unpaired) electrons. The first-order valence-corrected chi connectivity index (χ1v) is 7.13. The van der Waals surface area contributed by atoms with Gasteiger partial charge in [0.1, 0.15) is 6.61 Å². The van der Waals surface area contributed by atoms with E-state index in [2.05, 4.69) is 18.1 Å². The SMILES string of the molecule is CCc1cc(COc2ccc(C(C)N)cc2OC)n(C)n1. The molecule has 0 saturated carbocycles. The number of hydrogen-bond acceptors (Lipinski definition) is 4. The lowest BCUT2D eigenvalue weighted by molar-refractivity contribution is 0.275. The van der Waals surface area contributed by atoms with Gasteiger partial charge in [-0.2, -0.15) is 5.10 Å². The van der Waals surface area contributed by atoms with Gasteiger partial charge in [0.15, 0.2) is 11.5 Å². The lowest BCUT2D eigenvalue weighted by atomic mass is 10.1. The highest BCUT2D eigenvalue weighted by Gasteiger charge is 2.10. The highest BCUT2D eigenvalue weighted by atomic mass is 16.5. The van der Waals surface area contributed by atoms with Crippen LogP contribution in [0.15, 0.2) is 24.3 Å². The van der Waals surface area contributed by atoms with Crippen LogP contribution in [-0.2, 0) is 20.1 Å². The van der Waals surface area contributed by atoms with Crippen LogP contribution in [0.5, 0.6) is 11.5 Å². The molecule has 1 aromatic heterocycles. The standard InChI is InChI=1S/C16H23N3O2/c1-5-13-9-14(19(3)18-13)10-21-15-7-6-12(11(2)17)8-16(15)20-4/h6-9,11H,5,10,17H2,1-4H3. The predicted octanol–water partition coefficient (Wildman–Crippen LogP) is 2.59. The van der Waals surface area contributed by atoms with Crippen LogP contribution < -0.4 is 15.2 Å². The number of benzene rings is 1. The molecular weight excluding hydrogens is 266 g/mol. The van der Waals surface area contributed by atoms with Gasteiger partial charge in [-0.05, 0) is 37.1 Å². The Morgan fingerprint density at radius 3 is 2.62 bits per heavy atom. The van der Waals surface area contributed by atoms with Gasteiger partial charge in [0.25, 0.3) is 0 Å².